The second kappa shape index (κ2) is 16.1. The number of methoxy groups -OCH3 is 3. The lowest BCUT2D eigenvalue weighted by molar-refractivity contribution is -0.140. The molecule has 0 heterocycles. The Bertz CT molecular complexity index is 1800. The fourth-order valence-corrected chi connectivity index (χ4v) is 6.57. The maximum atomic E-state index is 14.6. The van der Waals surface area contributed by atoms with E-state index in [2.05, 4.69) is 5.32 Å². The number of halogens is 1. The van der Waals surface area contributed by atoms with Crippen LogP contribution in [0.25, 0.3) is 0 Å². The van der Waals surface area contributed by atoms with Gasteiger partial charge >= 0.3 is 0 Å². The van der Waals surface area contributed by atoms with Crippen molar-refractivity contribution < 1.29 is 36.6 Å². The highest BCUT2D eigenvalue weighted by Gasteiger charge is 2.35. The first-order valence-corrected chi connectivity index (χ1v) is 16.7. The van der Waals surface area contributed by atoms with Crippen LogP contribution in [0, 0.1) is 5.82 Å². The molecule has 0 aliphatic heterocycles. The molecule has 0 spiro atoms. The quantitative estimate of drug-likeness (QED) is 0.184. The van der Waals surface area contributed by atoms with Gasteiger partial charge in [0.25, 0.3) is 10.0 Å². The molecular weight excluding hydrogens is 637 g/mol. The van der Waals surface area contributed by atoms with Crippen LogP contribution in [0.3, 0.4) is 0 Å². The van der Waals surface area contributed by atoms with E-state index in [1.54, 1.807) is 24.3 Å². The van der Waals surface area contributed by atoms with Gasteiger partial charge in [-0.25, -0.2) is 12.8 Å². The number of nitrogens with one attached hydrogen (secondary N) is 1. The summed E-state index contributed by atoms with van der Waals surface area (Å²) in [6.07, 6.45) is 0.161. The van der Waals surface area contributed by atoms with Crippen molar-refractivity contribution in [3.63, 3.8) is 0 Å². The molecule has 10 nitrogen and oxygen atoms in total. The average molecular weight is 678 g/mol. The van der Waals surface area contributed by atoms with Crippen molar-refractivity contribution in [1.82, 2.24) is 10.2 Å². The first kappa shape index (κ1) is 35.7. The van der Waals surface area contributed by atoms with Crippen molar-refractivity contribution in [3.05, 3.63) is 114 Å². The fourth-order valence-electron chi connectivity index (χ4n) is 5.14. The van der Waals surface area contributed by atoms with Crippen LogP contribution < -0.4 is 23.8 Å². The summed E-state index contributed by atoms with van der Waals surface area (Å²) in [6, 6.07) is 23.9. The summed E-state index contributed by atoms with van der Waals surface area (Å²) in [5, 5.41) is 2.92. The fraction of sp³-hybridized carbons (Fsp3) is 0.278. The molecule has 4 rings (SSSR count). The first-order valence-electron chi connectivity index (χ1n) is 15.2. The highest BCUT2D eigenvalue weighted by Crippen LogP contribution is 2.32. The molecule has 0 bridgehead atoms. The van der Waals surface area contributed by atoms with Crippen LogP contribution in [0.15, 0.2) is 102 Å². The average Bonchev–Trinajstić information content (AvgIpc) is 3.08. The van der Waals surface area contributed by atoms with Gasteiger partial charge in [-0.05, 0) is 73.5 Å². The number of ether oxygens (including phenoxy) is 3. The number of carbonyl (C=O) groups is 2. The molecule has 48 heavy (non-hydrogen) atoms. The van der Waals surface area contributed by atoms with Crippen LogP contribution in [-0.2, 0) is 32.6 Å². The summed E-state index contributed by atoms with van der Waals surface area (Å²) in [5.74, 6) is -0.620. The van der Waals surface area contributed by atoms with Crippen molar-refractivity contribution in [3.8, 4) is 17.2 Å². The van der Waals surface area contributed by atoms with E-state index in [-0.39, 0.29) is 35.3 Å². The molecule has 0 fully saturated rings. The number of nitrogens with zero attached hydrogens (tertiary/aromatic N) is 2. The number of carbonyl (C=O) groups excluding carboxylic acids is 2. The standard InChI is InChI=1S/C36H40FN3O7S/c1-25(2)38-36(42)32(21-26-10-7-6-8-11-26)39(23-27-12-9-13-30(20-27)45-3)35(41)24-40(29-16-14-28(37)15-17-29)48(43,44)31-18-19-33(46-4)34(22-31)47-5/h6-20,22,25,32H,21,23-24H2,1-5H3,(H,38,42)/t32-/m1/s1. The maximum absolute atomic E-state index is 14.6. The van der Waals surface area contributed by atoms with E-state index < -0.39 is 40.2 Å². The van der Waals surface area contributed by atoms with E-state index in [9.17, 15) is 22.4 Å². The van der Waals surface area contributed by atoms with Crippen molar-refractivity contribution in [1.29, 1.82) is 0 Å². The molecule has 0 radical (unpaired) electrons. The molecule has 4 aromatic rings. The molecule has 0 saturated carbocycles. The number of hydrogen-bond donors (Lipinski definition) is 1. The van der Waals surface area contributed by atoms with Crippen molar-refractivity contribution >= 4 is 27.5 Å². The van der Waals surface area contributed by atoms with Crippen LogP contribution >= 0.6 is 0 Å². The lowest BCUT2D eigenvalue weighted by atomic mass is 10.0. The Labute approximate surface area is 281 Å². The Kier molecular flexibility index (Phi) is 12.0. The highest BCUT2D eigenvalue weighted by atomic mass is 32.2. The van der Waals surface area contributed by atoms with Gasteiger partial charge in [-0.15, -0.1) is 0 Å². The zero-order valence-corrected chi connectivity index (χ0v) is 28.4. The predicted octanol–water partition coefficient (Wildman–Crippen LogP) is 5.21. The zero-order valence-electron chi connectivity index (χ0n) is 27.6. The Balaban J connectivity index is 1.83. The Morgan fingerprint density at radius 1 is 0.792 bits per heavy atom. The minimum absolute atomic E-state index is 0.0350. The van der Waals surface area contributed by atoms with Gasteiger partial charge in [0, 0.05) is 25.1 Å². The van der Waals surface area contributed by atoms with Gasteiger partial charge in [-0.1, -0.05) is 42.5 Å². The Morgan fingerprint density at radius 3 is 2.08 bits per heavy atom. The molecule has 12 heteroatoms. The second-order valence-electron chi connectivity index (χ2n) is 11.2. The molecule has 2 amide bonds. The number of benzene rings is 4. The molecule has 0 aromatic heterocycles. The van der Waals surface area contributed by atoms with Crippen molar-refractivity contribution in [2.45, 2.75) is 43.8 Å². The molecule has 0 aliphatic rings. The summed E-state index contributed by atoms with van der Waals surface area (Å²) in [7, 11) is -0.129. The highest BCUT2D eigenvalue weighted by molar-refractivity contribution is 7.92. The van der Waals surface area contributed by atoms with Gasteiger partial charge in [0.2, 0.25) is 11.8 Å². The van der Waals surface area contributed by atoms with Crippen LogP contribution in [0.5, 0.6) is 17.2 Å². The zero-order chi connectivity index (χ0) is 34.8. The minimum atomic E-state index is -4.45. The largest absolute Gasteiger partial charge is 0.497 e. The topological polar surface area (TPSA) is 114 Å². The number of rotatable bonds is 15. The van der Waals surface area contributed by atoms with Crippen LogP contribution in [-0.4, -0.2) is 65.1 Å². The number of hydrogen-bond acceptors (Lipinski definition) is 7. The summed E-state index contributed by atoms with van der Waals surface area (Å²) in [6.45, 7) is 2.90. The van der Waals surface area contributed by atoms with Crippen LogP contribution in [0.1, 0.15) is 25.0 Å². The van der Waals surface area contributed by atoms with Gasteiger partial charge in [0.05, 0.1) is 31.9 Å². The molecule has 254 valence electrons. The molecule has 1 N–H and O–H groups in total. The van der Waals surface area contributed by atoms with Crippen molar-refractivity contribution in [2.24, 2.45) is 0 Å². The van der Waals surface area contributed by atoms with E-state index >= 15 is 0 Å². The van der Waals surface area contributed by atoms with Crippen LogP contribution in [0.4, 0.5) is 10.1 Å². The Morgan fingerprint density at radius 2 is 1.46 bits per heavy atom. The molecule has 4 aromatic carbocycles. The first-order chi connectivity index (χ1) is 23.0. The molecule has 0 aliphatic carbocycles. The predicted molar refractivity (Wildman–Crippen MR) is 181 cm³/mol. The van der Waals surface area contributed by atoms with Gasteiger partial charge in [-0.2, -0.15) is 0 Å². The van der Waals surface area contributed by atoms with E-state index in [1.165, 1.54) is 56.6 Å². The SMILES string of the molecule is COc1cccc(CN(C(=O)CN(c2ccc(F)cc2)S(=O)(=O)c2ccc(OC)c(OC)c2)[C@H](Cc2ccccc2)C(=O)NC(C)C)c1. The molecule has 0 unspecified atom stereocenters. The molecular formula is C36H40FN3O7S. The number of sulfonamides is 1. The van der Waals surface area contributed by atoms with E-state index in [0.717, 1.165) is 22.0 Å². The Hall–Kier alpha value is -5.10. The van der Waals surface area contributed by atoms with E-state index in [1.807, 2.05) is 44.2 Å². The van der Waals surface area contributed by atoms with Crippen molar-refractivity contribution in [2.75, 3.05) is 32.2 Å². The van der Waals surface area contributed by atoms with Gasteiger partial charge in [0.1, 0.15) is 24.2 Å². The lowest BCUT2D eigenvalue weighted by Gasteiger charge is -2.34. The molecule has 1 atom stereocenters. The minimum Gasteiger partial charge on any atom is -0.497 e. The van der Waals surface area contributed by atoms with E-state index in [4.69, 9.17) is 14.2 Å². The third-order valence-corrected chi connectivity index (χ3v) is 9.30. The summed E-state index contributed by atoms with van der Waals surface area (Å²) >= 11 is 0. The van der Waals surface area contributed by atoms with Gasteiger partial charge < -0.3 is 24.4 Å². The summed E-state index contributed by atoms with van der Waals surface area (Å²) in [5.41, 5.74) is 1.51. The normalized spacial score (nSPS) is 11.8. The third kappa shape index (κ3) is 8.82. The summed E-state index contributed by atoms with van der Waals surface area (Å²) in [4.78, 5) is 29.6. The van der Waals surface area contributed by atoms with Gasteiger partial charge in [0.15, 0.2) is 11.5 Å². The second-order valence-corrected chi connectivity index (χ2v) is 13.1. The third-order valence-electron chi connectivity index (χ3n) is 7.53. The van der Waals surface area contributed by atoms with Crippen LogP contribution in [0.2, 0.25) is 0 Å². The monoisotopic (exact) mass is 677 g/mol. The molecule has 0 saturated heterocycles. The summed E-state index contributed by atoms with van der Waals surface area (Å²) < 4.78 is 59.5. The lowest BCUT2D eigenvalue weighted by Crippen LogP contribution is -2.54. The smallest absolute Gasteiger partial charge is 0.264 e. The number of anilines is 1. The van der Waals surface area contributed by atoms with Gasteiger partial charge in [-0.3, -0.25) is 13.9 Å². The number of amides is 2. The maximum Gasteiger partial charge on any atom is 0.264 e. The van der Waals surface area contributed by atoms with E-state index in [0.29, 0.717) is 17.1 Å².